The fraction of sp³-hybridized carbons (Fsp3) is 0.523. The zero-order chi connectivity index (χ0) is 96.2. The van der Waals surface area contributed by atoms with E-state index in [4.69, 9.17) is 35.9 Å². The number of ether oxygens (including phenoxy) is 3. The van der Waals surface area contributed by atoms with E-state index < -0.39 is 208 Å². The molecule has 42 nitrogen and oxygen atoms in total. The van der Waals surface area contributed by atoms with Crippen LogP contribution in [0.2, 0.25) is 0 Å². The summed E-state index contributed by atoms with van der Waals surface area (Å²) in [5.41, 5.74) is 13.4. The summed E-state index contributed by atoms with van der Waals surface area (Å²) >= 11 is 0. The Labute approximate surface area is 764 Å². The molecular formula is C88H112N16O26S2. The van der Waals surface area contributed by atoms with E-state index in [1.807, 2.05) is 67.3 Å². The number of likely N-dealkylation sites (N-methyl/N-ethyl adjacent to an activating group) is 1. The standard InChI is InChI=1S/C59H80N8O15S2.C29H32N8O11/c1-7-34(24-45(69)70)47(71)62-41(29-60)43(68)23-35(48(72)73)31-84-83-22-21-82-54(77)64-63-52(75)59(79)50-57(17-20-67-18-12-16-56(9-3,49(57)67)51(59)74)38-25-39(44(80-5)26-42(38)65(50)4)58(53(76)81-6)28-33-27-55(78,8-2)32-66(30-33)19-15-37-36-13-10-11-14-40(36)61-46(37)58;1-13(38)20(10-22(42)43)35-26(45)15(9-21(40)41)8-18(39)6-7-19(28(47)48)34-25(44)14-2-4-16(5-3-14)31-11-17-12-32-24-23(33-17)27(46)37-29(30)36-24/h10-14,16,25-26,33-35,41,49-51,61,74,78-79H,7-9,15,17-24,27-32,60H2,1-6H3,(H,62,71)(H,63,75)(H,64,77)(H,69,70)(H,72,73);2-5,12,15,19-20,31H,6-11H2,1H3,(H,34,44)(H,35,45)(H,40,41)(H,42,43)(H,47,48)(H3,30,32,36,37,46)/t33-,34+,35+,41+,49+,50-,51-,55+,56-,57-,58+,59+;15?,19-,20-/m10/s1. The fourth-order valence-electron chi connectivity index (χ4n) is 19.8. The van der Waals surface area contributed by atoms with Crippen LogP contribution in [-0.2, 0) is 90.8 Å². The van der Waals surface area contributed by atoms with E-state index in [-0.39, 0.29) is 79.1 Å². The number of Topliss-reactive ketones (excluding diaryl/α,β-unsaturated/α-hetero) is 3. The maximum atomic E-state index is 15.5. The number of nitrogens with two attached hydrogens (primary N) is 2. The van der Waals surface area contributed by atoms with Crippen LogP contribution < -0.4 is 58.8 Å². The van der Waals surface area contributed by atoms with E-state index >= 15 is 9.59 Å². The van der Waals surface area contributed by atoms with Crippen molar-refractivity contribution < 1.29 is 122 Å². The van der Waals surface area contributed by atoms with E-state index in [0.29, 0.717) is 98.9 Å². The number of benzene rings is 3. The number of aromatic amines is 2. The quantitative estimate of drug-likeness (QED) is 0.00863. The molecule has 6 aliphatic rings. The number of aromatic nitrogens is 5. The summed E-state index contributed by atoms with van der Waals surface area (Å²) in [5, 5.41) is 96.3. The number of carboxylic acid groups (broad SMARTS) is 5. The number of rotatable bonds is 40. The lowest BCUT2D eigenvalue weighted by atomic mass is 9.47. The summed E-state index contributed by atoms with van der Waals surface area (Å²) in [4.78, 5) is 214. The SMILES string of the molecule is CC(=O)[C@H](CC(=O)O)NC(=O)C(CC(=O)O)CC(=O)CC[C@H](NC(=O)c1ccc(NCc2cnc3nc(N)[nH]c(=O)c3n2)cc1)C(=O)O.CC[C@@H](CC(=O)O)C(=O)N[C@@H](CN)C(=O)C[C@@H](CSSCCOC(=O)NNC(=O)[C@@]1(O)[C@H](O)[C@]2(CC)C=CCN3CC[C@@]4(c5cc([C@@]6(C(=O)OC)C[C@@H]7CN(CCc8c6[nH]c6ccccc86)C[C@](O)(CC)C7)c(OC)cc5N(C)[C@@H]14)[C@@H]32)C(=O)O. The topological polar surface area (TPSA) is 650 Å². The van der Waals surface area contributed by atoms with Crippen LogP contribution in [0, 0.1) is 29.1 Å². The number of aliphatic hydroxyl groups excluding tert-OH is 1. The van der Waals surface area contributed by atoms with Crippen LogP contribution in [0.25, 0.3) is 22.1 Å². The van der Waals surface area contributed by atoms with E-state index in [9.17, 15) is 93.0 Å². The van der Waals surface area contributed by atoms with Gasteiger partial charge in [0.1, 0.15) is 35.7 Å². The van der Waals surface area contributed by atoms with Crippen LogP contribution in [0.15, 0.2) is 83.8 Å². The van der Waals surface area contributed by atoms with Gasteiger partial charge in [0.25, 0.3) is 17.4 Å². The molecule has 0 radical (unpaired) electrons. The summed E-state index contributed by atoms with van der Waals surface area (Å²) in [6, 6.07) is 12.0. The lowest BCUT2D eigenvalue weighted by Crippen LogP contribution is -2.82. The number of esters is 1. The van der Waals surface area contributed by atoms with Crippen molar-refractivity contribution in [3.63, 3.8) is 0 Å². The van der Waals surface area contributed by atoms with Gasteiger partial charge in [-0.05, 0) is 118 Å². The van der Waals surface area contributed by atoms with Crippen molar-refractivity contribution >= 4 is 144 Å². The van der Waals surface area contributed by atoms with Crippen molar-refractivity contribution in [3.05, 3.63) is 123 Å². The van der Waals surface area contributed by atoms with Gasteiger partial charge in [0.2, 0.25) is 17.8 Å². The number of anilines is 3. The van der Waals surface area contributed by atoms with Crippen molar-refractivity contribution in [2.75, 3.05) is 94.6 Å². The molecule has 5 amide bonds. The van der Waals surface area contributed by atoms with E-state index in [2.05, 4.69) is 66.8 Å². The number of hydrogen-bond donors (Lipinski definition) is 18. The van der Waals surface area contributed by atoms with Gasteiger partial charge in [-0.2, -0.15) is 4.98 Å². The van der Waals surface area contributed by atoms with Crippen LogP contribution in [-0.4, -0.2) is 285 Å². The Morgan fingerprint density at radius 1 is 0.750 bits per heavy atom. The first-order valence-electron chi connectivity index (χ1n) is 43.2. The number of piperidine rings is 1. The fourth-order valence-corrected chi connectivity index (χ4v) is 22.0. The van der Waals surface area contributed by atoms with E-state index in [1.54, 1.807) is 33.2 Å². The molecule has 6 aromatic rings. The number of aliphatic hydroxyl groups is 3. The molecule has 3 fully saturated rings. The minimum Gasteiger partial charge on any atom is -0.496 e. The second-order valence-electron chi connectivity index (χ2n) is 34.3. The summed E-state index contributed by atoms with van der Waals surface area (Å²) in [5.74, 6) is -16.1. The Bertz CT molecular complexity index is 5510. The van der Waals surface area contributed by atoms with Gasteiger partial charge >= 0.3 is 41.9 Å². The highest BCUT2D eigenvalue weighted by molar-refractivity contribution is 8.76. The number of nitrogens with zero attached hydrogens (tertiary/aromatic N) is 6. The normalized spacial score (nSPS) is 24.0. The van der Waals surface area contributed by atoms with Gasteiger partial charge < -0.3 is 97.7 Å². The first-order valence-corrected chi connectivity index (χ1v) is 45.7. The maximum absolute atomic E-state index is 15.5. The molecule has 44 heteroatoms. The maximum Gasteiger partial charge on any atom is 0.426 e. The second kappa shape index (κ2) is 42.6. The molecule has 2 saturated heterocycles. The number of fused-ring (bicyclic) bond motifs is 7. The number of H-pyrrole nitrogens is 2. The van der Waals surface area contributed by atoms with Gasteiger partial charge in [-0.3, -0.25) is 82.5 Å². The summed E-state index contributed by atoms with van der Waals surface area (Å²) < 4.78 is 17.7. The summed E-state index contributed by atoms with van der Waals surface area (Å²) in [7, 11) is 6.95. The van der Waals surface area contributed by atoms with Crippen LogP contribution in [0.4, 0.5) is 22.1 Å². The number of aliphatic carboxylic acids is 5. The number of hydrazine groups is 1. The van der Waals surface area contributed by atoms with Gasteiger partial charge in [0.15, 0.2) is 28.3 Å². The van der Waals surface area contributed by atoms with Gasteiger partial charge in [-0.1, -0.05) is 72.7 Å². The Morgan fingerprint density at radius 2 is 1.45 bits per heavy atom. The lowest BCUT2D eigenvalue weighted by molar-refractivity contribution is -0.204. The number of carboxylic acids is 5. The smallest absolute Gasteiger partial charge is 0.426 e. The number of carbonyl (C=O) groups excluding carboxylic acids is 9. The van der Waals surface area contributed by atoms with Crippen LogP contribution in [0.5, 0.6) is 5.75 Å². The van der Waals surface area contributed by atoms with Crippen LogP contribution >= 0.6 is 21.6 Å². The highest BCUT2D eigenvalue weighted by Gasteiger charge is 2.79. The molecule has 5 aliphatic heterocycles. The zero-order valence-electron chi connectivity index (χ0n) is 73.8. The van der Waals surface area contributed by atoms with Gasteiger partial charge in [-0.15, -0.1) is 0 Å². The molecule has 2 bridgehead atoms. The number of ketones is 3. The van der Waals surface area contributed by atoms with Crippen molar-refractivity contribution in [2.24, 2.45) is 34.8 Å². The molecule has 2 unspecified atom stereocenters. The third-order valence-electron chi connectivity index (χ3n) is 26.1. The molecule has 1 saturated carbocycles. The zero-order valence-corrected chi connectivity index (χ0v) is 75.5. The molecule has 20 N–H and O–H groups in total. The summed E-state index contributed by atoms with van der Waals surface area (Å²) in [6.07, 6.45) is 1.29. The molecule has 16 atom stereocenters. The largest absolute Gasteiger partial charge is 0.496 e. The van der Waals surface area contributed by atoms with E-state index in [1.165, 1.54) is 25.4 Å². The molecule has 3 aromatic carbocycles. The molecule has 3 aromatic heterocycles. The van der Waals surface area contributed by atoms with Crippen molar-refractivity contribution in [1.82, 2.24) is 61.5 Å². The Kier molecular flexibility index (Phi) is 32.4. The van der Waals surface area contributed by atoms with Gasteiger partial charge in [0.05, 0.1) is 87.5 Å². The third kappa shape index (κ3) is 21.3. The number of methoxy groups -OCH3 is 2. The molecule has 712 valence electrons. The highest BCUT2D eigenvalue weighted by atomic mass is 33.1. The Balaban J connectivity index is 0.000000297. The monoisotopic (exact) mass is 1870 g/mol. The minimum atomic E-state index is -2.63. The first-order chi connectivity index (χ1) is 62.7. The second-order valence-corrected chi connectivity index (χ2v) is 36.9. The van der Waals surface area contributed by atoms with Crippen molar-refractivity contribution in [2.45, 2.75) is 182 Å². The highest BCUT2D eigenvalue weighted by Crippen LogP contribution is 2.68. The van der Waals surface area contributed by atoms with Crippen LogP contribution in [0.3, 0.4) is 0 Å². The van der Waals surface area contributed by atoms with E-state index in [0.717, 1.165) is 50.5 Å². The Morgan fingerprint density at radius 3 is 2.10 bits per heavy atom. The molecule has 1 spiro atoms. The third-order valence-corrected chi connectivity index (χ3v) is 28.6. The number of amides is 5. The molecular weight excluding hydrogens is 1760 g/mol. The predicted octanol–water partition coefficient (Wildman–Crippen LogP) is 2.46. The average Bonchev–Trinajstić information content (AvgIpc) is 1.47. The number of nitrogen functional groups attached to an aromatic ring is 1. The molecule has 8 heterocycles. The molecule has 1 aliphatic carbocycles. The van der Waals surface area contributed by atoms with Gasteiger partial charge in [-0.25, -0.2) is 25.0 Å². The molecule has 12 rings (SSSR count). The number of nitrogens with one attached hydrogen (secondary N) is 8. The lowest BCUT2D eigenvalue weighted by Gasteiger charge is -2.63. The molecule has 132 heavy (non-hydrogen) atoms. The number of para-hydroxylation sites is 1. The van der Waals surface area contributed by atoms with Crippen molar-refractivity contribution in [3.8, 4) is 5.75 Å². The minimum absolute atomic E-state index is 0.00608. The summed E-state index contributed by atoms with van der Waals surface area (Å²) in [6.45, 7) is 9.06. The average molecular weight is 1870 g/mol. The first kappa shape index (κ1) is 100. The van der Waals surface area contributed by atoms with Crippen molar-refractivity contribution in [1.29, 1.82) is 0 Å². The van der Waals surface area contributed by atoms with Gasteiger partial charge in [0, 0.05) is 138 Å². The number of carbonyl (C=O) groups is 14. The Hall–Kier alpha value is -12.2. The van der Waals surface area contributed by atoms with Crippen LogP contribution in [0.1, 0.15) is 150 Å². The number of hydrogen-bond acceptors (Lipinski definition) is 32. The predicted molar refractivity (Wildman–Crippen MR) is 479 cm³/mol.